The van der Waals surface area contributed by atoms with Crippen LogP contribution in [0.5, 0.6) is 0 Å². The van der Waals surface area contributed by atoms with Gasteiger partial charge in [-0.25, -0.2) is 0 Å². The number of hydrogen-bond donors (Lipinski definition) is 4. The summed E-state index contributed by atoms with van der Waals surface area (Å²) in [5, 5.41) is 5.83. The number of pyridine rings is 1. The Morgan fingerprint density at radius 3 is 2.03 bits per heavy atom. The quantitative estimate of drug-likeness (QED) is 0.198. The number of aromatic nitrogens is 1. The van der Waals surface area contributed by atoms with E-state index in [0.29, 0.717) is 19.4 Å². The predicted octanol–water partition coefficient (Wildman–Crippen LogP) is 2.07. The van der Waals surface area contributed by atoms with Gasteiger partial charge in [0.2, 0.25) is 11.8 Å². The van der Waals surface area contributed by atoms with Crippen molar-refractivity contribution in [3.8, 4) is 0 Å². The molecule has 0 bridgehead atoms. The third-order valence-corrected chi connectivity index (χ3v) is 5.28. The number of nitrogens with zero attached hydrogens (tertiary/aromatic N) is 2. The van der Waals surface area contributed by atoms with Gasteiger partial charge in [-0.15, -0.1) is 0 Å². The number of rotatable bonds is 11. The molecule has 34 heavy (non-hydrogen) atoms. The van der Waals surface area contributed by atoms with Crippen LogP contribution in [-0.4, -0.2) is 35.3 Å². The number of aliphatic imine (C=N–C) groups is 1. The van der Waals surface area contributed by atoms with E-state index in [-0.39, 0.29) is 24.3 Å². The van der Waals surface area contributed by atoms with Crippen LogP contribution in [0.3, 0.4) is 0 Å². The largest absolute Gasteiger partial charge is 0.370 e. The van der Waals surface area contributed by atoms with Crippen molar-refractivity contribution < 1.29 is 9.59 Å². The molecule has 0 unspecified atom stereocenters. The fourth-order valence-electron chi connectivity index (χ4n) is 3.62. The van der Waals surface area contributed by atoms with Crippen molar-refractivity contribution in [3.63, 3.8) is 0 Å². The average Bonchev–Trinajstić information content (AvgIpc) is 2.86. The van der Waals surface area contributed by atoms with Gasteiger partial charge in [-0.05, 0) is 36.1 Å². The number of carbonyl (C=O) groups excluding carboxylic acids is 2. The minimum absolute atomic E-state index is 0.00610. The van der Waals surface area contributed by atoms with Gasteiger partial charge in [0.25, 0.3) is 0 Å². The molecule has 3 rings (SSSR count). The molecule has 1 heterocycles. The molecule has 2 aromatic carbocycles. The summed E-state index contributed by atoms with van der Waals surface area (Å²) in [6.45, 7) is 0.629. The van der Waals surface area contributed by atoms with Gasteiger partial charge in [0, 0.05) is 12.7 Å². The van der Waals surface area contributed by atoms with Crippen LogP contribution in [0.4, 0.5) is 0 Å². The van der Waals surface area contributed by atoms with Gasteiger partial charge >= 0.3 is 0 Å². The number of nitrogens with two attached hydrogens (primary N) is 2. The molecule has 8 heteroatoms. The first-order valence-electron chi connectivity index (χ1n) is 11.2. The molecule has 0 fully saturated rings. The first-order chi connectivity index (χ1) is 16.5. The topological polar surface area (TPSA) is 135 Å². The summed E-state index contributed by atoms with van der Waals surface area (Å²) in [5.41, 5.74) is 13.2. The fourth-order valence-corrected chi connectivity index (χ4v) is 3.62. The molecule has 0 aliphatic rings. The van der Waals surface area contributed by atoms with Crippen LogP contribution >= 0.6 is 0 Å². The van der Waals surface area contributed by atoms with E-state index in [1.54, 1.807) is 6.20 Å². The van der Waals surface area contributed by atoms with Crippen molar-refractivity contribution in [2.24, 2.45) is 16.5 Å². The van der Waals surface area contributed by atoms with Crippen LogP contribution in [0.1, 0.15) is 35.6 Å². The van der Waals surface area contributed by atoms with Gasteiger partial charge in [0.1, 0.15) is 6.04 Å². The zero-order valence-electron chi connectivity index (χ0n) is 18.9. The van der Waals surface area contributed by atoms with Crippen molar-refractivity contribution in [1.29, 1.82) is 0 Å². The van der Waals surface area contributed by atoms with Gasteiger partial charge in [-0.2, -0.15) is 0 Å². The summed E-state index contributed by atoms with van der Waals surface area (Å²) in [5.74, 6) is -1.10. The van der Waals surface area contributed by atoms with Gasteiger partial charge in [0.05, 0.1) is 18.2 Å². The lowest BCUT2D eigenvalue weighted by atomic mass is 9.90. The summed E-state index contributed by atoms with van der Waals surface area (Å²) in [6.07, 6.45) is 2.58. The standard InChI is InChI=1S/C26H30N6O2/c27-26(28)30-17-9-15-22(24(33)31-18-21-14-7-8-16-29-21)32-25(34)23(19-10-3-1-4-11-19)20-12-5-2-6-13-20/h1-8,10-14,16,22-23H,9,15,17-18H2,(H,31,33)(H,32,34)(H4,27,28,30)/t22-/m1/s1. The van der Waals surface area contributed by atoms with Crippen LogP contribution in [0.25, 0.3) is 0 Å². The van der Waals surface area contributed by atoms with Gasteiger partial charge in [-0.3, -0.25) is 19.6 Å². The molecular weight excluding hydrogens is 428 g/mol. The smallest absolute Gasteiger partial charge is 0.242 e. The monoisotopic (exact) mass is 458 g/mol. The Hall–Kier alpha value is -4.20. The lowest BCUT2D eigenvalue weighted by Gasteiger charge is -2.23. The van der Waals surface area contributed by atoms with Crippen molar-refractivity contribution in [3.05, 3.63) is 102 Å². The lowest BCUT2D eigenvalue weighted by molar-refractivity contribution is -0.129. The highest BCUT2D eigenvalue weighted by atomic mass is 16.2. The fraction of sp³-hybridized carbons (Fsp3) is 0.231. The first-order valence-corrected chi connectivity index (χ1v) is 11.2. The molecule has 0 spiro atoms. The molecule has 2 amide bonds. The van der Waals surface area contributed by atoms with Crippen molar-refractivity contribution in [2.45, 2.75) is 31.3 Å². The second-order valence-electron chi connectivity index (χ2n) is 7.80. The molecule has 0 aliphatic heterocycles. The summed E-state index contributed by atoms with van der Waals surface area (Å²) >= 11 is 0. The van der Waals surface area contributed by atoms with Crippen LogP contribution in [0, 0.1) is 0 Å². The molecule has 1 aromatic heterocycles. The maximum Gasteiger partial charge on any atom is 0.242 e. The van der Waals surface area contributed by atoms with Crippen LogP contribution in [0.2, 0.25) is 0 Å². The molecular formula is C26H30N6O2. The normalized spacial score (nSPS) is 11.4. The minimum atomic E-state index is -0.750. The SMILES string of the molecule is NC(N)=NCCC[C@@H](NC(=O)C(c1ccccc1)c1ccccc1)C(=O)NCc1ccccn1. The first kappa shape index (κ1) is 24.4. The summed E-state index contributed by atoms with van der Waals surface area (Å²) in [7, 11) is 0. The molecule has 0 saturated carbocycles. The zero-order valence-corrected chi connectivity index (χ0v) is 18.9. The van der Waals surface area contributed by atoms with Gasteiger partial charge in [-0.1, -0.05) is 66.7 Å². The Balaban J connectivity index is 1.77. The Labute approximate surface area is 199 Å². The van der Waals surface area contributed by atoms with E-state index in [1.807, 2.05) is 78.9 Å². The summed E-state index contributed by atoms with van der Waals surface area (Å²) in [6, 6.07) is 23.8. The van der Waals surface area contributed by atoms with Crippen molar-refractivity contribution in [1.82, 2.24) is 15.6 Å². The highest BCUT2D eigenvalue weighted by molar-refractivity contribution is 5.92. The lowest BCUT2D eigenvalue weighted by Crippen LogP contribution is -2.48. The van der Waals surface area contributed by atoms with E-state index < -0.39 is 12.0 Å². The van der Waals surface area contributed by atoms with Crippen LogP contribution in [-0.2, 0) is 16.1 Å². The van der Waals surface area contributed by atoms with Gasteiger partial charge in [0.15, 0.2) is 5.96 Å². The Morgan fingerprint density at radius 2 is 1.47 bits per heavy atom. The van der Waals surface area contributed by atoms with Crippen molar-refractivity contribution >= 4 is 17.8 Å². The third-order valence-electron chi connectivity index (χ3n) is 5.28. The Kier molecular flexibility index (Phi) is 9.16. The molecule has 0 saturated heterocycles. The van der Waals surface area contributed by atoms with E-state index in [4.69, 9.17) is 11.5 Å². The molecule has 1 atom stereocenters. The maximum atomic E-state index is 13.5. The predicted molar refractivity (Wildman–Crippen MR) is 133 cm³/mol. The van der Waals surface area contributed by atoms with Crippen LogP contribution in [0.15, 0.2) is 90.1 Å². The average molecular weight is 459 g/mol. The number of guanidine groups is 1. The number of nitrogens with one attached hydrogen (secondary N) is 2. The second kappa shape index (κ2) is 12.7. The molecule has 176 valence electrons. The summed E-state index contributed by atoms with van der Waals surface area (Å²) < 4.78 is 0. The molecule has 3 aromatic rings. The number of carbonyl (C=O) groups is 2. The highest BCUT2D eigenvalue weighted by Gasteiger charge is 2.27. The van der Waals surface area contributed by atoms with E-state index in [0.717, 1.165) is 16.8 Å². The number of hydrogen-bond acceptors (Lipinski definition) is 4. The number of amides is 2. The van der Waals surface area contributed by atoms with E-state index in [9.17, 15) is 9.59 Å². The van der Waals surface area contributed by atoms with E-state index in [1.165, 1.54) is 0 Å². The molecule has 8 nitrogen and oxygen atoms in total. The van der Waals surface area contributed by atoms with E-state index >= 15 is 0 Å². The summed E-state index contributed by atoms with van der Waals surface area (Å²) in [4.78, 5) is 34.7. The number of benzene rings is 2. The van der Waals surface area contributed by atoms with Crippen molar-refractivity contribution in [2.75, 3.05) is 6.54 Å². The maximum absolute atomic E-state index is 13.5. The molecule has 0 radical (unpaired) electrons. The Bertz CT molecular complexity index is 1030. The second-order valence-corrected chi connectivity index (χ2v) is 7.80. The van der Waals surface area contributed by atoms with Crippen LogP contribution < -0.4 is 22.1 Å². The zero-order chi connectivity index (χ0) is 24.2. The minimum Gasteiger partial charge on any atom is -0.370 e. The van der Waals surface area contributed by atoms with E-state index in [2.05, 4.69) is 20.6 Å². The third kappa shape index (κ3) is 7.44. The molecule has 0 aliphatic carbocycles. The molecule has 6 N–H and O–H groups in total. The Morgan fingerprint density at radius 1 is 0.853 bits per heavy atom. The van der Waals surface area contributed by atoms with Gasteiger partial charge < -0.3 is 22.1 Å². The highest BCUT2D eigenvalue weighted by Crippen LogP contribution is 2.25.